The van der Waals surface area contributed by atoms with Crippen LogP contribution in [0.4, 0.5) is 0 Å². The summed E-state index contributed by atoms with van der Waals surface area (Å²) in [6, 6.07) is 26.2. The van der Waals surface area contributed by atoms with Gasteiger partial charge in [-0.15, -0.1) is 0 Å². The molecule has 0 spiro atoms. The van der Waals surface area contributed by atoms with Crippen molar-refractivity contribution in [1.29, 1.82) is 0 Å². The quantitative estimate of drug-likeness (QED) is 0.502. The molecular formula is C25H25NO5. The van der Waals surface area contributed by atoms with Crippen LogP contribution in [0.25, 0.3) is 0 Å². The summed E-state index contributed by atoms with van der Waals surface area (Å²) < 4.78 is 16.1. The summed E-state index contributed by atoms with van der Waals surface area (Å²) in [7, 11) is 0. The van der Waals surface area contributed by atoms with Crippen LogP contribution in [0.1, 0.15) is 24.1 Å². The summed E-state index contributed by atoms with van der Waals surface area (Å²) in [6.45, 7) is 1.70. The third-order valence-electron chi connectivity index (χ3n) is 4.47. The molecule has 0 heterocycles. The van der Waals surface area contributed by atoms with Gasteiger partial charge in [-0.3, -0.25) is 4.79 Å². The summed E-state index contributed by atoms with van der Waals surface area (Å²) in [5.74, 6) is 0.214. The number of esters is 1. The molecule has 0 unspecified atom stereocenters. The van der Waals surface area contributed by atoms with Crippen molar-refractivity contribution in [3.05, 3.63) is 96.1 Å². The highest BCUT2D eigenvalue weighted by atomic mass is 16.6. The van der Waals surface area contributed by atoms with Gasteiger partial charge in [0, 0.05) is 0 Å². The van der Waals surface area contributed by atoms with E-state index >= 15 is 0 Å². The van der Waals surface area contributed by atoms with E-state index in [1.807, 2.05) is 67.6 Å². The van der Waals surface area contributed by atoms with Gasteiger partial charge in [0.2, 0.25) is 0 Å². The van der Waals surface area contributed by atoms with Gasteiger partial charge in [0.1, 0.15) is 18.1 Å². The van der Waals surface area contributed by atoms with Gasteiger partial charge < -0.3 is 19.5 Å². The van der Waals surface area contributed by atoms with E-state index in [4.69, 9.17) is 14.2 Å². The Morgan fingerprint density at radius 1 is 0.774 bits per heavy atom. The Kier molecular flexibility index (Phi) is 8.05. The third-order valence-corrected chi connectivity index (χ3v) is 4.47. The van der Waals surface area contributed by atoms with Crippen molar-refractivity contribution in [3.8, 4) is 11.5 Å². The zero-order chi connectivity index (χ0) is 21.9. The van der Waals surface area contributed by atoms with Crippen LogP contribution >= 0.6 is 0 Å². The fourth-order valence-electron chi connectivity index (χ4n) is 2.81. The first-order valence-electron chi connectivity index (χ1n) is 9.99. The molecule has 3 aromatic carbocycles. The lowest BCUT2D eigenvalue weighted by molar-refractivity contribution is -0.150. The van der Waals surface area contributed by atoms with E-state index in [0.29, 0.717) is 18.1 Å². The average Bonchev–Trinajstić information content (AvgIpc) is 2.82. The van der Waals surface area contributed by atoms with E-state index in [-0.39, 0.29) is 25.2 Å². The van der Waals surface area contributed by atoms with Crippen LogP contribution < -0.4 is 14.8 Å². The first-order valence-corrected chi connectivity index (χ1v) is 9.99. The Bertz CT molecular complexity index is 958. The molecule has 0 aliphatic rings. The largest absolute Gasteiger partial charge is 0.489 e. The highest BCUT2D eigenvalue weighted by molar-refractivity contribution is 5.81. The Labute approximate surface area is 181 Å². The monoisotopic (exact) mass is 419 g/mol. The molecule has 3 aromatic rings. The van der Waals surface area contributed by atoms with Gasteiger partial charge in [0.25, 0.3) is 5.91 Å². The molecule has 0 saturated carbocycles. The molecule has 31 heavy (non-hydrogen) atoms. The first-order chi connectivity index (χ1) is 15.1. The molecule has 0 bridgehead atoms. The van der Waals surface area contributed by atoms with E-state index in [1.165, 1.54) is 0 Å². The molecule has 3 rings (SSSR count). The maximum Gasteiger partial charge on any atom is 0.344 e. The smallest absolute Gasteiger partial charge is 0.344 e. The number of amides is 1. The van der Waals surface area contributed by atoms with Crippen LogP contribution in [-0.4, -0.2) is 25.1 Å². The lowest BCUT2D eigenvalue weighted by atomic mass is 10.1. The topological polar surface area (TPSA) is 73.9 Å². The molecule has 6 nitrogen and oxygen atoms in total. The number of carbonyl (C=O) groups excluding carboxylic acids is 2. The molecule has 0 aromatic heterocycles. The number of hydrogen-bond acceptors (Lipinski definition) is 5. The second-order valence-corrected chi connectivity index (χ2v) is 6.89. The van der Waals surface area contributed by atoms with Crippen molar-refractivity contribution >= 4 is 11.9 Å². The van der Waals surface area contributed by atoms with E-state index < -0.39 is 5.97 Å². The molecule has 1 N–H and O–H groups in total. The molecule has 1 atom stereocenters. The van der Waals surface area contributed by atoms with Crippen LogP contribution in [0.3, 0.4) is 0 Å². The lowest BCUT2D eigenvalue weighted by Crippen LogP contribution is -2.31. The predicted molar refractivity (Wildman–Crippen MR) is 117 cm³/mol. The minimum absolute atomic E-state index is 0.175. The fourth-order valence-corrected chi connectivity index (χ4v) is 2.81. The summed E-state index contributed by atoms with van der Waals surface area (Å²) in [5.41, 5.74) is 2.05. The van der Waals surface area contributed by atoms with Crippen LogP contribution in [0.15, 0.2) is 84.9 Å². The molecule has 0 radical (unpaired) electrons. The molecular weight excluding hydrogens is 394 g/mol. The number of carbonyl (C=O) groups is 2. The summed E-state index contributed by atoms with van der Waals surface area (Å²) in [4.78, 5) is 23.8. The highest BCUT2D eigenvalue weighted by Gasteiger charge is 2.12. The van der Waals surface area contributed by atoms with Crippen LogP contribution in [0.5, 0.6) is 11.5 Å². The van der Waals surface area contributed by atoms with E-state index in [2.05, 4.69) is 5.32 Å². The summed E-state index contributed by atoms with van der Waals surface area (Å²) >= 11 is 0. The number of ether oxygens (including phenoxy) is 3. The van der Waals surface area contributed by atoms with Crippen molar-refractivity contribution in [2.45, 2.75) is 19.6 Å². The van der Waals surface area contributed by atoms with Crippen LogP contribution in [0.2, 0.25) is 0 Å². The van der Waals surface area contributed by atoms with Crippen molar-refractivity contribution in [2.24, 2.45) is 0 Å². The first kappa shape index (κ1) is 21.9. The van der Waals surface area contributed by atoms with Gasteiger partial charge in [-0.2, -0.15) is 0 Å². The standard InChI is InChI=1S/C25H25NO5/c1-19(21-10-6-3-7-11-21)26-24(27)17-31-25(28)18-30-23-14-12-22(13-15-23)29-16-20-8-4-2-5-9-20/h2-15,19H,16-18H2,1H3,(H,26,27)/t19-/m0/s1. The summed E-state index contributed by atoms with van der Waals surface area (Å²) in [6.07, 6.45) is 0. The van der Waals surface area contributed by atoms with Gasteiger partial charge in [0.15, 0.2) is 13.2 Å². The van der Waals surface area contributed by atoms with Gasteiger partial charge in [-0.05, 0) is 42.3 Å². The summed E-state index contributed by atoms with van der Waals surface area (Å²) in [5, 5.41) is 2.78. The Morgan fingerprint density at radius 3 is 2.00 bits per heavy atom. The second kappa shape index (κ2) is 11.4. The SMILES string of the molecule is C[C@H](NC(=O)COC(=O)COc1ccc(OCc2ccccc2)cc1)c1ccccc1. The van der Waals surface area contributed by atoms with Crippen LogP contribution in [0, 0.1) is 0 Å². The Hall–Kier alpha value is -3.80. The van der Waals surface area contributed by atoms with E-state index in [0.717, 1.165) is 11.1 Å². The van der Waals surface area contributed by atoms with Crippen molar-refractivity contribution < 1.29 is 23.8 Å². The molecule has 0 aliphatic carbocycles. The third kappa shape index (κ3) is 7.51. The molecule has 0 aliphatic heterocycles. The average molecular weight is 419 g/mol. The van der Waals surface area contributed by atoms with E-state index in [1.54, 1.807) is 24.3 Å². The zero-order valence-electron chi connectivity index (χ0n) is 17.3. The maximum atomic E-state index is 12.0. The normalized spacial score (nSPS) is 11.3. The maximum absolute atomic E-state index is 12.0. The molecule has 1 amide bonds. The molecule has 6 heteroatoms. The lowest BCUT2D eigenvalue weighted by Gasteiger charge is -2.14. The minimum Gasteiger partial charge on any atom is -0.489 e. The Morgan fingerprint density at radius 2 is 1.35 bits per heavy atom. The van der Waals surface area contributed by atoms with E-state index in [9.17, 15) is 9.59 Å². The molecule has 160 valence electrons. The van der Waals surface area contributed by atoms with Crippen molar-refractivity contribution in [1.82, 2.24) is 5.32 Å². The van der Waals surface area contributed by atoms with Crippen molar-refractivity contribution in [3.63, 3.8) is 0 Å². The van der Waals surface area contributed by atoms with Crippen molar-refractivity contribution in [2.75, 3.05) is 13.2 Å². The number of rotatable bonds is 10. The number of hydrogen-bond donors (Lipinski definition) is 1. The van der Waals surface area contributed by atoms with Gasteiger partial charge in [-0.25, -0.2) is 4.79 Å². The minimum atomic E-state index is -0.619. The molecule has 0 fully saturated rings. The second-order valence-electron chi connectivity index (χ2n) is 6.89. The van der Waals surface area contributed by atoms with Gasteiger partial charge in [0.05, 0.1) is 6.04 Å². The number of nitrogens with one attached hydrogen (secondary N) is 1. The van der Waals surface area contributed by atoms with Crippen LogP contribution in [-0.2, 0) is 20.9 Å². The Balaban J connectivity index is 1.35. The van der Waals surface area contributed by atoms with Gasteiger partial charge >= 0.3 is 5.97 Å². The molecule has 0 saturated heterocycles. The number of benzene rings is 3. The highest BCUT2D eigenvalue weighted by Crippen LogP contribution is 2.18. The fraction of sp³-hybridized carbons (Fsp3) is 0.200. The van der Waals surface area contributed by atoms with Gasteiger partial charge in [-0.1, -0.05) is 60.7 Å². The predicted octanol–water partition coefficient (Wildman–Crippen LogP) is 4.07. The zero-order valence-corrected chi connectivity index (χ0v) is 17.3.